The molecule has 0 bridgehead atoms. The number of benzene rings is 1. The van der Waals surface area contributed by atoms with Crippen LogP contribution in [0.2, 0.25) is 0 Å². The summed E-state index contributed by atoms with van der Waals surface area (Å²) in [5.41, 5.74) is 2.39. The molecule has 1 unspecified atom stereocenters. The van der Waals surface area contributed by atoms with Gasteiger partial charge in [-0.15, -0.1) is 10.2 Å². The minimum Gasteiger partial charge on any atom is -0.353 e. The average molecular weight is 327 g/mol. The maximum atomic E-state index is 4.45. The Hall–Kier alpha value is -2.21. The largest absolute Gasteiger partial charge is 0.353 e. The average Bonchev–Trinajstić information content (AvgIpc) is 3.18. The Morgan fingerprint density at radius 2 is 2.04 bits per heavy atom. The highest BCUT2D eigenvalue weighted by atomic mass is 32.1. The van der Waals surface area contributed by atoms with Crippen molar-refractivity contribution < 1.29 is 0 Å². The van der Waals surface area contributed by atoms with E-state index in [4.69, 9.17) is 0 Å². The van der Waals surface area contributed by atoms with Crippen LogP contribution < -0.4 is 5.32 Å². The molecule has 6 heteroatoms. The van der Waals surface area contributed by atoms with Gasteiger partial charge in [-0.1, -0.05) is 48.6 Å². The lowest BCUT2D eigenvalue weighted by Crippen LogP contribution is -2.05. The van der Waals surface area contributed by atoms with E-state index in [-0.39, 0.29) is 6.04 Å². The van der Waals surface area contributed by atoms with Gasteiger partial charge in [0.1, 0.15) is 5.01 Å². The molecule has 1 aromatic carbocycles. The Bertz CT molecular complexity index is 734. The Morgan fingerprint density at radius 1 is 1.22 bits per heavy atom. The van der Waals surface area contributed by atoms with Crippen molar-refractivity contribution in [2.24, 2.45) is 0 Å². The van der Waals surface area contributed by atoms with Crippen LogP contribution in [0.25, 0.3) is 0 Å². The molecule has 0 aliphatic heterocycles. The summed E-state index contributed by atoms with van der Waals surface area (Å²) in [6.07, 6.45) is 6.08. The van der Waals surface area contributed by atoms with Gasteiger partial charge in [0, 0.05) is 18.2 Å². The topological polar surface area (TPSA) is 55.6 Å². The summed E-state index contributed by atoms with van der Waals surface area (Å²) in [5.74, 6) is 0. The van der Waals surface area contributed by atoms with Crippen LogP contribution in [-0.2, 0) is 13.0 Å². The molecular weight excluding hydrogens is 306 g/mol. The standard InChI is InChI=1S/C17H21N5S/c1-3-7-16-20-21-17(23-16)19-13(2)15-10-18-22(12-15)11-14-8-5-4-6-9-14/h4-6,8-10,12-13H,3,7,11H2,1-2H3,(H,19,21). The predicted molar refractivity (Wildman–Crippen MR) is 93.7 cm³/mol. The van der Waals surface area contributed by atoms with E-state index in [1.165, 1.54) is 5.56 Å². The number of nitrogens with one attached hydrogen (secondary N) is 1. The first-order chi connectivity index (χ1) is 11.2. The van der Waals surface area contributed by atoms with Gasteiger partial charge in [0.2, 0.25) is 5.13 Å². The SMILES string of the molecule is CCCc1nnc(NC(C)c2cnn(Cc3ccccc3)c2)s1. The molecule has 2 aromatic heterocycles. The van der Waals surface area contributed by atoms with Crippen LogP contribution in [0.15, 0.2) is 42.7 Å². The number of aryl methyl sites for hydroxylation is 1. The van der Waals surface area contributed by atoms with Crippen molar-refractivity contribution in [1.82, 2.24) is 20.0 Å². The quantitative estimate of drug-likeness (QED) is 0.715. The minimum absolute atomic E-state index is 0.155. The second-order valence-corrected chi connectivity index (χ2v) is 6.64. The lowest BCUT2D eigenvalue weighted by atomic mass is 10.2. The number of hydrogen-bond acceptors (Lipinski definition) is 5. The molecule has 0 saturated carbocycles. The molecule has 0 radical (unpaired) electrons. The van der Waals surface area contributed by atoms with Gasteiger partial charge in [0.15, 0.2) is 0 Å². The van der Waals surface area contributed by atoms with Gasteiger partial charge in [-0.25, -0.2) is 0 Å². The summed E-state index contributed by atoms with van der Waals surface area (Å²) in [6, 6.07) is 10.5. The van der Waals surface area contributed by atoms with Crippen molar-refractivity contribution in [3.05, 3.63) is 58.9 Å². The Morgan fingerprint density at radius 3 is 2.83 bits per heavy atom. The zero-order valence-corrected chi connectivity index (χ0v) is 14.3. The molecule has 0 aliphatic carbocycles. The van der Waals surface area contributed by atoms with Gasteiger partial charge in [0.25, 0.3) is 0 Å². The molecular formula is C17H21N5S. The van der Waals surface area contributed by atoms with Gasteiger partial charge < -0.3 is 5.32 Å². The van der Waals surface area contributed by atoms with Crippen LogP contribution in [0.1, 0.15) is 42.4 Å². The highest BCUT2D eigenvalue weighted by Gasteiger charge is 2.11. The van der Waals surface area contributed by atoms with Crippen molar-refractivity contribution in [2.75, 3.05) is 5.32 Å². The molecule has 0 saturated heterocycles. The maximum Gasteiger partial charge on any atom is 0.206 e. The highest BCUT2D eigenvalue weighted by molar-refractivity contribution is 7.15. The highest BCUT2D eigenvalue weighted by Crippen LogP contribution is 2.22. The number of aromatic nitrogens is 4. The molecule has 3 aromatic rings. The lowest BCUT2D eigenvalue weighted by molar-refractivity contribution is 0.685. The zero-order chi connectivity index (χ0) is 16.1. The third-order valence-corrected chi connectivity index (χ3v) is 4.53. The zero-order valence-electron chi connectivity index (χ0n) is 13.4. The Balaban J connectivity index is 1.62. The minimum atomic E-state index is 0.155. The van der Waals surface area contributed by atoms with E-state index in [0.29, 0.717) is 0 Å². The number of nitrogens with zero attached hydrogens (tertiary/aromatic N) is 4. The molecule has 5 nitrogen and oxygen atoms in total. The molecule has 0 fully saturated rings. The second kappa shape index (κ2) is 7.37. The fourth-order valence-corrected chi connectivity index (χ4v) is 3.28. The van der Waals surface area contributed by atoms with Crippen molar-refractivity contribution in [3.63, 3.8) is 0 Å². The summed E-state index contributed by atoms with van der Waals surface area (Å²) >= 11 is 1.63. The first-order valence-electron chi connectivity index (χ1n) is 7.90. The monoisotopic (exact) mass is 327 g/mol. The van der Waals surface area contributed by atoms with E-state index in [0.717, 1.165) is 35.1 Å². The molecule has 120 valence electrons. The van der Waals surface area contributed by atoms with E-state index in [1.807, 2.05) is 29.1 Å². The predicted octanol–water partition coefficient (Wildman–Crippen LogP) is 3.91. The van der Waals surface area contributed by atoms with E-state index in [1.54, 1.807) is 11.3 Å². The third kappa shape index (κ3) is 4.16. The van der Waals surface area contributed by atoms with E-state index < -0.39 is 0 Å². The summed E-state index contributed by atoms with van der Waals surface area (Å²) in [4.78, 5) is 0. The molecule has 0 spiro atoms. The van der Waals surface area contributed by atoms with Crippen molar-refractivity contribution >= 4 is 16.5 Å². The van der Waals surface area contributed by atoms with Crippen molar-refractivity contribution in [3.8, 4) is 0 Å². The second-order valence-electron chi connectivity index (χ2n) is 5.57. The van der Waals surface area contributed by atoms with Crippen LogP contribution in [0.4, 0.5) is 5.13 Å². The molecule has 1 atom stereocenters. The molecule has 23 heavy (non-hydrogen) atoms. The molecule has 2 heterocycles. The maximum absolute atomic E-state index is 4.45. The van der Waals surface area contributed by atoms with Gasteiger partial charge in [-0.2, -0.15) is 5.10 Å². The molecule has 3 rings (SSSR count). The summed E-state index contributed by atoms with van der Waals surface area (Å²) in [5, 5.41) is 18.2. The number of hydrogen-bond donors (Lipinski definition) is 1. The molecule has 0 aliphatic rings. The number of rotatable bonds is 7. The summed E-state index contributed by atoms with van der Waals surface area (Å²) in [6.45, 7) is 5.05. The fourth-order valence-electron chi connectivity index (χ4n) is 2.36. The van der Waals surface area contributed by atoms with Crippen molar-refractivity contribution in [1.29, 1.82) is 0 Å². The lowest BCUT2D eigenvalue weighted by Gasteiger charge is -2.09. The molecule has 1 N–H and O–H groups in total. The van der Waals surface area contributed by atoms with Gasteiger partial charge in [-0.3, -0.25) is 4.68 Å². The Labute approximate surface area is 140 Å². The first kappa shape index (κ1) is 15.7. The first-order valence-corrected chi connectivity index (χ1v) is 8.71. The van der Waals surface area contributed by atoms with E-state index in [9.17, 15) is 0 Å². The summed E-state index contributed by atoms with van der Waals surface area (Å²) in [7, 11) is 0. The van der Waals surface area contributed by atoms with Crippen LogP contribution in [0.3, 0.4) is 0 Å². The van der Waals surface area contributed by atoms with Crippen LogP contribution in [0.5, 0.6) is 0 Å². The Kier molecular flexibility index (Phi) is 5.02. The third-order valence-electron chi connectivity index (χ3n) is 3.61. The van der Waals surface area contributed by atoms with Crippen LogP contribution in [0, 0.1) is 0 Å². The van der Waals surface area contributed by atoms with Crippen LogP contribution in [-0.4, -0.2) is 20.0 Å². The number of anilines is 1. The van der Waals surface area contributed by atoms with Gasteiger partial charge in [-0.05, 0) is 18.9 Å². The van der Waals surface area contributed by atoms with E-state index in [2.05, 4.69) is 52.8 Å². The fraction of sp³-hybridized carbons (Fsp3) is 0.353. The van der Waals surface area contributed by atoms with Crippen molar-refractivity contribution in [2.45, 2.75) is 39.3 Å². The normalized spacial score (nSPS) is 12.3. The van der Waals surface area contributed by atoms with Crippen LogP contribution >= 0.6 is 11.3 Å². The smallest absolute Gasteiger partial charge is 0.206 e. The molecule has 0 amide bonds. The van der Waals surface area contributed by atoms with Gasteiger partial charge in [0.05, 0.1) is 18.8 Å². The van der Waals surface area contributed by atoms with Gasteiger partial charge >= 0.3 is 0 Å². The van der Waals surface area contributed by atoms with E-state index >= 15 is 0 Å². The summed E-state index contributed by atoms with van der Waals surface area (Å²) < 4.78 is 1.96.